The van der Waals surface area contributed by atoms with Gasteiger partial charge in [-0.05, 0) is 48.4 Å². The molecule has 3 nitrogen and oxygen atoms in total. The largest absolute Gasteiger partial charge is 0.494 e. The number of ether oxygens (including phenoxy) is 1. The molecule has 0 bridgehead atoms. The minimum Gasteiger partial charge on any atom is -0.494 e. The van der Waals surface area contributed by atoms with Crippen molar-refractivity contribution in [3.63, 3.8) is 0 Å². The number of anilines is 1. The van der Waals surface area contributed by atoms with Crippen LogP contribution in [0.5, 0.6) is 5.75 Å². The van der Waals surface area contributed by atoms with E-state index < -0.39 is 0 Å². The van der Waals surface area contributed by atoms with E-state index in [2.05, 4.69) is 9.80 Å². The van der Waals surface area contributed by atoms with Crippen LogP contribution in [-0.2, 0) is 6.54 Å². The van der Waals surface area contributed by atoms with Crippen molar-refractivity contribution in [3.8, 4) is 5.75 Å². The van der Waals surface area contributed by atoms with E-state index in [1.807, 2.05) is 18.2 Å². The highest BCUT2D eigenvalue weighted by Crippen LogP contribution is 2.20. The minimum atomic E-state index is -0.322. The first-order valence-corrected chi connectivity index (χ1v) is 8.21. The molecule has 5 heteroatoms. The molecule has 0 aromatic heterocycles. The summed E-state index contributed by atoms with van der Waals surface area (Å²) in [6, 6.07) is 11.8. The molecule has 2 aromatic carbocycles. The van der Waals surface area contributed by atoms with Gasteiger partial charge in [0.05, 0.1) is 7.11 Å². The number of benzene rings is 2. The van der Waals surface area contributed by atoms with Gasteiger partial charge >= 0.3 is 0 Å². The molecule has 0 atom stereocenters. The van der Waals surface area contributed by atoms with Gasteiger partial charge in [-0.3, -0.25) is 4.90 Å². The van der Waals surface area contributed by atoms with Crippen LogP contribution in [0.15, 0.2) is 42.5 Å². The number of nitrogens with zero attached hydrogens (tertiary/aromatic N) is 2. The van der Waals surface area contributed by atoms with Crippen molar-refractivity contribution in [3.05, 3.63) is 59.7 Å². The topological polar surface area (TPSA) is 15.7 Å². The zero-order valence-electron chi connectivity index (χ0n) is 13.8. The Hall–Kier alpha value is -2.14. The Bertz CT molecular complexity index is 676. The maximum atomic E-state index is 13.8. The number of halogens is 2. The van der Waals surface area contributed by atoms with Crippen molar-refractivity contribution < 1.29 is 13.5 Å². The molecule has 1 fully saturated rings. The van der Waals surface area contributed by atoms with Crippen LogP contribution >= 0.6 is 0 Å². The van der Waals surface area contributed by atoms with Crippen molar-refractivity contribution in [2.24, 2.45) is 0 Å². The van der Waals surface area contributed by atoms with E-state index in [1.54, 1.807) is 12.1 Å². The van der Waals surface area contributed by atoms with E-state index in [4.69, 9.17) is 4.74 Å². The quantitative estimate of drug-likeness (QED) is 0.849. The second-order valence-electron chi connectivity index (χ2n) is 6.06. The van der Waals surface area contributed by atoms with Gasteiger partial charge in [-0.25, -0.2) is 8.78 Å². The third-order valence-corrected chi connectivity index (χ3v) is 4.40. The Morgan fingerprint density at radius 1 is 0.958 bits per heavy atom. The number of rotatable bonds is 4. The summed E-state index contributed by atoms with van der Waals surface area (Å²) in [4.78, 5) is 4.60. The fourth-order valence-corrected chi connectivity index (χ4v) is 3.11. The van der Waals surface area contributed by atoms with Crippen molar-refractivity contribution in [2.75, 3.05) is 38.2 Å². The molecule has 128 valence electrons. The Morgan fingerprint density at radius 2 is 1.75 bits per heavy atom. The Labute approximate surface area is 141 Å². The molecule has 2 aromatic rings. The molecular weight excluding hydrogens is 310 g/mol. The molecule has 1 heterocycles. The Balaban J connectivity index is 1.61. The van der Waals surface area contributed by atoms with Crippen molar-refractivity contribution in [1.29, 1.82) is 0 Å². The third kappa shape index (κ3) is 4.03. The van der Waals surface area contributed by atoms with E-state index in [0.29, 0.717) is 0 Å². The summed E-state index contributed by atoms with van der Waals surface area (Å²) in [5, 5.41) is 0. The van der Waals surface area contributed by atoms with Crippen LogP contribution in [-0.4, -0.2) is 38.2 Å². The predicted molar refractivity (Wildman–Crippen MR) is 91.5 cm³/mol. The van der Waals surface area contributed by atoms with Gasteiger partial charge in [-0.2, -0.15) is 0 Å². The Kier molecular flexibility index (Phi) is 5.30. The molecule has 1 aliphatic heterocycles. The highest BCUT2D eigenvalue weighted by Gasteiger charge is 2.16. The lowest BCUT2D eigenvalue weighted by Crippen LogP contribution is -2.30. The molecule has 0 radical (unpaired) electrons. The first kappa shape index (κ1) is 16.7. The summed E-state index contributed by atoms with van der Waals surface area (Å²) in [6.45, 7) is 4.40. The molecule has 0 spiro atoms. The van der Waals surface area contributed by atoms with Crippen LogP contribution in [0.3, 0.4) is 0 Å². The number of methoxy groups -OCH3 is 1. The molecule has 0 N–H and O–H groups in total. The molecule has 24 heavy (non-hydrogen) atoms. The minimum absolute atomic E-state index is 0.211. The van der Waals surface area contributed by atoms with Crippen LogP contribution in [0.4, 0.5) is 14.5 Å². The van der Waals surface area contributed by atoms with E-state index >= 15 is 0 Å². The lowest BCUT2D eigenvalue weighted by Gasteiger charge is -2.23. The zero-order chi connectivity index (χ0) is 16.9. The summed E-state index contributed by atoms with van der Waals surface area (Å²) in [5.74, 6) is -0.258. The zero-order valence-corrected chi connectivity index (χ0v) is 13.8. The van der Waals surface area contributed by atoms with E-state index in [9.17, 15) is 8.78 Å². The normalized spacial score (nSPS) is 16.0. The van der Waals surface area contributed by atoms with E-state index in [0.717, 1.165) is 50.4 Å². The van der Waals surface area contributed by atoms with Gasteiger partial charge in [0.25, 0.3) is 0 Å². The monoisotopic (exact) mass is 332 g/mol. The summed E-state index contributed by atoms with van der Waals surface area (Å²) in [5.41, 5.74) is 2.00. The van der Waals surface area contributed by atoms with Gasteiger partial charge in [0.1, 0.15) is 5.82 Å². The molecule has 0 amide bonds. The van der Waals surface area contributed by atoms with E-state index in [-0.39, 0.29) is 17.4 Å². The fraction of sp³-hybridized carbons (Fsp3) is 0.368. The standard InChI is InChI=1S/C19H22F2N2O/c1-24-19-8-3-15(13-18(19)21)14-22-9-2-10-23(12-11-22)17-6-4-16(20)5-7-17/h3-8,13H,2,9-12,14H2,1H3. The van der Waals surface area contributed by atoms with Gasteiger partial charge in [0.15, 0.2) is 11.6 Å². The second kappa shape index (κ2) is 7.62. The lowest BCUT2D eigenvalue weighted by molar-refractivity contribution is 0.284. The number of hydrogen-bond donors (Lipinski definition) is 0. The third-order valence-electron chi connectivity index (χ3n) is 4.40. The summed E-state index contributed by atoms with van der Waals surface area (Å²) >= 11 is 0. The maximum Gasteiger partial charge on any atom is 0.165 e. The van der Waals surface area contributed by atoms with Gasteiger partial charge in [-0.15, -0.1) is 0 Å². The van der Waals surface area contributed by atoms with Gasteiger partial charge in [-0.1, -0.05) is 6.07 Å². The number of hydrogen-bond acceptors (Lipinski definition) is 3. The second-order valence-corrected chi connectivity index (χ2v) is 6.06. The molecular formula is C19H22F2N2O. The first-order valence-electron chi connectivity index (χ1n) is 8.21. The Morgan fingerprint density at radius 3 is 2.46 bits per heavy atom. The van der Waals surface area contributed by atoms with Crippen LogP contribution in [0.1, 0.15) is 12.0 Å². The van der Waals surface area contributed by atoms with Crippen LogP contribution in [0.25, 0.3) is 0 Å². The highest BCUT2D eigenvalue weighted by atomic mass is 19.1. The summed E-state index contributed by atoms with van der Waals surface area (Å²) in [7, 11) is 1.47. The van der Waals surface area contributed by atoms with Crippen LogP contribution in [0.2, 0.25) is 0 Å². The molecule has 3 rings (SSSR count). The van der Waals surface area contributed by atoms with Gasteiger partial charge < -0.3 is 9.64 Å². The highest BCUT2D eigenvalue weighted by molar-refractivity contribution is 5.46. The average molecular weight is 332 g/mol. The first-order chi connectivity index (χ1) is 11.7. The molecule has 0 saturated carbocycles. The summed E-state index contributed by atoms with van der Waals surface area (Å²) < 4.78 is 31.8. The summed E-state index contributed by atoms with van der Waals surface area (Å²) in [6.07, 6.45) is 1.02. The lowest BCUT2D eigenvalue weighted by atomic mass is 10.2. The van der Waals surface area contributed by atoms with Crippen molar-refractivity contribution >= 4 is 5.69 Å². The SMILES string of the molecule is COc1ccc(CN2CCCN(c3ccc(F)cc3)CC2)cc1F. The molecule has 1 saturated heterocycles. The van der Waals surface area contributed by atoms with Crippen molar-refractivity contribution in [2.45, 2.75) is 13.0 Å². The van der Waals surface area contributed by atoms with E-state index in [1.165, 1.54) is 19.2 Å². The van der Waals surface area contributed by atoms with Gasteiger partial charge in [0, 0.05) is 38.4 Å². The predicted octanol–water partition coefficient (Wildman–Crippen LogP) is 3.69. The average Bonchev–Trinajstić information content (AvgIpc) is 2.81. The molecule has 0 unspecified atom stereocenters. The van der Waals surface area contributed by atoms with Crippen LogP contribution in [0, 0.1) is 11.6 Å². The maximum absolute atomic E-state index is 13.8. The molecule has 0 aliphatic carbocycles. The molecule has 1 aliphatic rings. The smallest absolute Gasteiger partial charge is 0.165 e. The fourth-order valence-electron chi connectivity index (χ4n) is 3.11. The van der Waals surface area contributed by atoms with Crippen molar-refractivity contribution in [1.82, 2.24) is 4.90 Å². The van der Waals surface area contributed by atoms with Gasteiger partial charge in [0.2, 0.25) is 0 Å². The van der Waals surface area contributed by atoms with Crippen LogP contribution < -0.4 is 9.64 Å².